The van der Waals surface area contributed by atoms with Gasteiger partial charge in [-0.3, -0.25) is 19.3 Å². The van der Waals surface area contributed by atoms with Crippen molar-refractivity contribution in [3.8, 4) is 0 Å². The quantitative estimate of drug-likeness (QED) is 0.862. The van der Waals surface area contributed by atoms with E-state index in [9.17, 15) is 19.5 Å². The van der Waals surface area contributed by atoms with Crippen molar-refractivity contribution in [2.24, 2.45) is 11.8 Å². The summed E-state index contributed by atoms with van der Waals surface area (Å²) in [4.78, 5) is 36.8. The Hall–Kier alpha value is -2.17. The predicted octanol–water partition coefficient (Wildman–Crippen LogP) is 1.95. The number of carbonyl (C=O) groups is 3. The molecule has 0 bridgehead atoms. The molecule has 1 aromatic rings. The highest BCUT2D eigenvalue weighted by Gasteiger charge is 2.51. The standard InChI is InChI=1S/C16H17NO4/c1-9-10(2)14(19)17(13(9)18)12-5-3-11(4-6-12)16(7-8-16)15(20)21/h3-6,9-10H,7-8H2,1-2H3,(H,20,21). The number of nitrogens with zero attached hydrogens (tertiary/aromatic N) is 1. The van der Waals surface area contributed by atoms with Gasteiger partial charge < -0.3 is 5.11 Å². The van der Waals surface area contributed by atoms with Crippen LogP contribution in [-0.2, 0) is 19.8 Å². The van der Waals surface area contributed by atoms with Crippen molar-refractivity contribution in [1.29, 1.82) is 0 Å². The Labute approximate surface area is 122 Å². The van der Waals surface area contributed by atoms with E-state index in [4.69, 9.17) is 0 Å². The number of imide groups is 1. The molecule has 0 radical (unpaired) electrons. The van der Waals surface area contributed by atoms with Crippen LogP contribution in [-0.4, -0.2) is 22.9 Å². The van der Waals surface area contributed by atoms with Gasteiger partial charge >= 0.3 is 5.97 Å². The van der Waals surface area contributed by atoms with Gasteiger partial charge in [0.2, 0.25) is 11.8 Å². The highest BCUT2D eigenvalue weighted by Crippen LogP contribution is 2.48. The average molecular weight is 287 g/mol. The van der Waals surface area contributed by atoms with E-state index >= 15 is 0 Å². The van der Waals surface area contributed by atoms with Gasteiger partial charge in [0.05, 0.1) is 11.1 Å². The first-order chi connectivity index (χ1) is 9.88. The van der Waals surface area contributed by atoms with Crippen molar-refractivity contribution in [1.82, 2.24) is 0 Å². The van der Waals surface area contributed by atoms with Crippen molar-refractivity contribution < 1.29 is 19.5 Å². The smallest absolute Gasteiger partial charge is 0.314 e. The van der Waals surface area contributed by atoms with E-state index in [1.165, 1.54) is 4.90 Å². The van der Waals surface area contributed by atoms with Crippen LogP contribution in [0.1, 0.15) is 32.3 Å². The average Bonchev–Trinajstić information content (AvgIpc) is 3.24. The van der Waals surface area contributed by atoms with Gasteiger partial charge in [0.1, 0.15) is 0 Å². The molecule has 110 valence electrons. The van der Waals surface area contributed by atoms with Crippen molar-refractivity contribution in [3.63, 3.8) is 0 Å². The molecule has 1 saturated carbocycles. The number of aliphatic carboxylic acids is 1. The number of benzene rings is 1. The summed E-state index contributed by atoms with van der Waals surface area (Å²) in [6.45, 7) is 3.51. The minimum atomic E-state index is -0.814. The Bertz CT molecular complexity index is 610. The predicted molar refractivity (Wildman–Crippen MR) is 75.8 cm³/mol. The van der Waals surface area contributed by atoms with Crippen LogP contribution in [0.4, 0.5) is 5.69 Å². The molecule has 0 aromatic heterocycles. The molecule has 2 amide bonds. The van der Waals surface area contributed by atoms with E-state index in [1.54, 1.807) is 38.1 Å². The fourth-order valence-electron chi connectivity index (χ4n) is 2.88. The molecule has 1 aromatic carbocycles. The Morgan fingerprint density at radius 1 is 1.10 bits per heavy atom. The second-order valence-corrected chi connectivity index (χ2v) is 6.02. The fourth-order valence-corrected chi connectivity index (χ4v) is 2.88. The number of carboxylic acid groups (broad SMARTS) is 1. The number of carbonyl (C=O) groups excluding carboxylic acids is 2. The van der Waals surface area contributed by atoms with E-state index in [-0.39, 0.29) is 23.7 Å². The molecular formula is C16H17NO4. The lowest BCUT2D eigenvalue weighted by Crippen LogP contribution is -2.30. The second kappa shape index (κ2) is 4.41. The second-order valence-electron chi connectivity index (χ2n) is 6.02. The lowest BCUT2D eigenvalue weighted by molar-refractivity contribution is -0.140. The molecule has 5 nitrogen and oxygen atoms in total. The van der Waals surface area contributed by atoms with Gasteiger partial charge in [-0.05, 0) is 30.5 Å². The van der Waals surface area contributed by atoms with E-state index in [2.05, 4.69) is 0 Å². The Balaban J connectivity index is 1.90. The summed E-state index contributed by atoms with van der Waals surface area (Å²) in [6.07, 6.45) is 1.27. The maximum atomic E-state index is 12.1. The molecule has 3 rings (SSSR count). The summed E-state index contributed by atoms with van der Waals surface area (Å²) >= 11 is 0. The topological polar surface area (TPSA) is 74.7 Å². The molecule has 2 atom stereocenters. The minimum absolute atomic E-state index is 0.195. The third kappa shape index (κ3) is 1.87. The first kappa shape index (κ1) is 13.8. The van der Waals surface area contributed by atoms with Crippen LogP contribution in [0.15, 0.2) is 24.3 Å². The molecule has 0 spiro atoms. The summed E-state index contributed by atoms with van der Waals surface area (Å²) in [5.74, 6) is -1.83. The number of rotatable bonds is 3. The highest BCUT2D eigenvalue weighted by atomic mass is 16.4. The Kier molecular flexibility index (Phi) is 2.90. The van der Waals surface area contributed by atoms with Crippen LogP contribution in [0, 0.1) is 11.8 Å². The molecule has 1 saturated heterocycles. The zero-order valence-corrected chi connectivity index (χ0v) is 12.0. The van der Waals surface area contributed by atoms with Gasteiger partial charge in [0.15, 0.2) is 0 Å². The molecule has 2 unspecified atom stereocenters. The Morgan fingerprint density at radius 3 is 1.95 bits per heavy atom. The molecule has 2 fully saturated rings. The molecular weight excluding hydrogens is 270 g/mol. The van der Waals surface area contributed by atoms with Crippen LogP contribution >= 0.6 is 0 Å². The van der Waals surface area contributed by atoms with E-state index in [0.717, 1.165) is 5.56 Å². The fraction of sp³-hybridized carbons (Fsp3) is 0.438. The summed E-state index contributed by atoms with van der Waals surface area (Å²) in [5.41, 5.74) is 0.489. The van der Waals surface area contributed by atoms with E-state index in [1.807, 2.05) is 0 Å². The van der Waals surface area contributed by atoms with Gasteiger partial charge in [-0.25, -0.2) is 0 Å². The van der Waals surface area contributed by atoms with Gasteiger partial charge in [-0.1, -0.05) is 26.0 Å². The molecule has 1 N–H and O–H groups in total. The minimum Gasteiger partial charge on any atom is -0.481 e. The SMILES string of the molecule is CC1C(=O)N(c2ccc(C3(C(=O)O)CC3)cc2)C(=O)C1C. The number of hydrogen-bond donors (Lipinski definition) is 1. The van der Waals surface area contributed by atoms with E-state index < -0.39 is 11.4 Å². The number of carboxylic acids is 1. The van der Waals surface area contributed by atoms with E-state index in [0.29, 0.717) is 18.5 Å². The first-order valence-corrected chi connectivity index (χ1v) is 7.10. The molecule has 5 heteroatoms. The van der Waals surface area contributed by atoms with Crippen molar-refractivity contribution in [2.45, 2.75) is 32.1 Å². The van der Waals surface area contributed by atoms with Crippen LogP contribution in [0.25, 0.3) is 0 Å². The van der Waals surface area contributed by atoms with Gasteiger partial charge in [-0.15, -0.1) is 0 Å². The highest BCUT2D eigenvalue weighted by molar-refractivity contribution is 6.21. The van der Waals surface area contributed by atoms with Gasteiger partial charge in [0.25, 0.3) is 0 Å². The third-order valence-corrected chi connectivity index (χ3v) is 4.81. The van der Waals surface area contributed by atoms with Crippen molar-refractivity contribution >= 4 is 23.5 Å². The van der Waals surface area contributed by atoms with Gasteiger partial charge in [-0.2, -0.15) is 0 Å². The Morgan fingerprint density at radius 2 is 1.57 bits per heavy atom. The van der Waals surface area contributed by atoms with Crippen molar-refractivity contribution in [3.05, 3.63) is 29.8 Å². The lowest BCUT2D eigenvalue weighted by atomic mass is 9.96. The lowest BCUT2D eigenvalue weighted by Gasteiger charge is -2.16. The molecule has 1 heterocycles. The third-order valence-electron chi connectivity index (χ3n) is 4.81. The summed E-state index contributed by atoms with van der Waals surface area (Å²) in [6, 6.07) is 6.76. The summed E-state index contributed by atoms with van der Waals surface area (Å²) in [5, 5.41) is 9.27. The number of hydrogen-bond acceptors (Lipinski definition) is 3. The van der Waals surface area contributed by atoms with Crippen LogP contribution in [0.3, 0.4) is 0 Å². The van der Waals surface area contributed by atoms with Crippen LogP contribution in [0.5, 0.6) is 0 Å². The molecule has 1 aliphatic heterocycles. The molecule has 21 heavy (non-hydrogen) atoms. The van der Waals surface area contributed by atoms with Crippen LogP contribution < -0.4 is 4.90 Å². The monoisotopic (exact) mass is 287 g/mol. The number of amides is 2. The number of anilines is 1. The maximum absolute atomic E-state index is 12.1. The maximum Gasteiger partial charge on any atom is 0.314 e. The normalized spacial score (nSPS) is 27.0. The molecule has 1 aliphatic carbocycles. The van der Waals surface area contributed by atoms with Crippen molar-refractivity contribution in [2.75, 3.05) is 4.90 Å². The molecule has 2 aliphatic rings. The zero-order valence-electron chi connectivity index (χ0n) is 12.0. The summed E-state index contributed by atoms with van der Waals surface area (Å²) in [7, 11) is 0. The summed E-state index contributed by atoms with van der Waals surface area (Å²) < 4.78 is 0. The first-order valence-electron chi connectivity index (χ1n) is 7.10. The van der Waals surface area contributed by atoms with Gasteiger partial charge in [0, 0.05) is 11.8 Å². The largest absolute Gasteiger partial charge is 0.481 e. The van der Waals surface area contributed by atoms with Crippen LogP contribution in [0.2, 0.25) is 0 Å². The zero-order chi connectivity index (χ0) is 15.4.